The molecule has 2 aliphatic rings. The van der Waals surface area contributed by atoms with Crippen molar-refractivity contribution >= 4 is 17.8 Å². The lowest BCUT2D eigenvalue weighted by Gasteiger charge is -2.36. The molecule has 2 fully saturated rings. The van der Waals surface area contributed by atoms with Crippen LogP contribution in [0.25, 0.3) is 0 Å². The third-order valence-corrected chi connectivity index (χ3v) is 4.44. The van der Waals surface area contributed by atoms with Gasteiger partial charge in [-0.2, -0.15) is 0 Å². The van der Waals surface area contributed by atoms with Crippen molar-refractivity contribution in [2.45, 2.75) is 12.8 Å². The van der Waals surface area contributed by atoms with E-state index >= 15 is 0 Å². The van der Waals surface area contributed by atoms with Crippen LogP contribution in [-0.4, -0.2) is 58.9 Å². The SMILES string of the molecule is O=C(c1ccccc1)N1CCN(C(=O)C2(C(=O)O)CC2)CC1. The molecule has 116 valence electrons. The third-order valence-electron chi connectivity index (χ3n) is 4.44. The second-order valence-electron chi connectivity index (χ2n) is 5.84. The normalized spacial score (nSPS) is 19.6. The van der Waals surface area contributed by atoms with Crippen LogP contribution in [0, 0.1) is 5.41 Å². The van der Waals surface area contributed by atoms with Crippen LogP contribution in [0.5, 0.6) is 0 Å². The zero-order valence-corrected chi connectivity index (χ0v) is 12.2. The number of carboxylic acid groups (broad SMARTS) is 1. The first-order valence-electron chi connectivity index (χ1n) is 7.42. The average molecular weight is 302 g/mol. The van der Waals surface area contributed by atoms with E-state index in [1.54, 1.807) is 21.9 Å². The lowest BCUT2D eigenvalue weighted by atomic mass is 10.1. The van der Waals surface area contributed by atoms with Gasteiger partial charge in [-0.3, -0.25) is 14.4 Å². The van der Waals surface area contributed by atoms with E-state index in [1.165, 1.54) is 0 Å². The van der Waals surface area contributed by atoms with Crippen LogP contribution in [0.4, 0.5) is 0 Å². The van der Waals surface area contributed by atoms with Crippen molar-refractivity contribution in [3.8, 4) is 0 Å². The van der Waals surface area contributed by atoms with Crippen molar-refractivity contribution in [1.82, 2.24) is 9.80 Å². The maximum Gasteiger partial charge on any atom is 0.319 e. The fourth-order valence-corrected chi connectivity index (χ4v) is 2.82. The minimum atomic E-state index is -1.19. The predicted molar refractivity (Wildman–Crippen MR) is 78.2 cm³/mol. The lowest BCUT2D eigenvalue weighted by Crippen LogP contribution is -2.53. The molecule has 1 aromatic rings. The van der Waals surface area contributed by atoms with E-state index in [-0.39, 0.29) is 11.8 Å². The van der Waals surface area contributed by atoms with Gasteiger partial charge in [0.25, 0.3) is 5.91 Å². The van der Waals surface area contributed by atoms with Crippen LogP contribution in [0.15, 0.2) is 30.3 Å². The number of amides is 2. The molecule has 1 saturated heterocycles. The summed E-state index contributed by atoms with van der Waals surface area (Å²) >= 11 is 0. The Labute approximate surface area is 128 Å². The molecule has 0 unspecified atom stereocenters. The molecule has 1 saturated carbocycles. The van der Waals surface area contributed by atoms with Gasteiger partial charge in [0.05, 0.1) is 0 Å². The second kappa shape index (κ2) is 5.44. The van der Waals surface area contributed by atoms with Crippen LogP contribution in [0.3, 0.4) is 0 Å². The molecule has 6 nitrogen and oxygen atoms in total. The molecule has 0 atom stereocenters. The number of rotatable bonds is 3. The highest BCUT2D eigenvalue weighted by Gasteiger charge is 2.58. The summed E-state index contributed by atoms with van der Waals surface area (Å²) < 4.78 is 0. The van der Waals surface area contributed by atoms with Gasteiger partial charge in [-0.05, 0) is 25.0 Å². The third kappa shape index (κ3) is 2.45. The van der Waals surface area contributed by atoms with Gasteiger partial charge in [-0.25, -0.2) is 0 Å². The highest BCUT2D eigenvalue weighted by Crippen LogP contribution is 2.47. The number of hydrogen-bond acceptors (Lipinski definition) is 3. The number of carbonyl (C=O) groups excluding carboxylic acids is 2. The molecule has 0 aromatic heterocycles. The molecule has 0 bridgehead atoms. The Morgan fingerprint density at radius 2 is 1.45 bits per heavy atom. The molecule has 0 spiro atoms. The zero-order valence-electron chi connectivity index (χ0n) is 12.2. The summed E-state index contributed by atoms with van der Waals surface area (Å²) in [6.07, 6.45) is 0.842. The van der Waals surface area contributed by atoms with Crippen molar-refractivity contribution in [2.24, 2.45) is 5.41 Å². The minimum Gasteiger partial charge on any atom is -0.480 e. The number of carbonyl (C=O) groups is 3. The van der Waals surface area contributed by atoms with Gasteiger partial charge >= 0.3 is 5.97 Å². The summed E-state index contributed by atoms with van der Waals surface area (Å²) in [4.78, 5) is 39.1. The maximum absolute atomic E-state index is 12.3. The molecule has 0 radical (unpaired) electrons. The van der Waals surface area contributed by atoms with Gasteiger partial charge in [0, 0.05) is 31.7 Å². The molecule has 1 aliphatic carbocycles. The fraction of sp³-hybridized carbons (Fsp3) is 0.438. The van der Waals surface area contributed by atoms with E-state index in [1.807, 2.05) is 18.2 Å². The summed E-state index contributed by atoms with van der Waals surface area (Å²) in [6.45, 7) is 1.67. The van der Waals surface area contributed by atoms with Crippen LogP contribution in [0.2, 0.25) is 0 Å². The number of aliphatic carboxylic acids is 1. The Kier molecular flexibility index (Phi) is 3.60. The number of hydrogen-bond donors (Lipinski definition) is 1. The zero-order chi connectivity index (χ0) is 15.7. The maximum atomic E-state index is 12.3. The van der Waals surface area contributed by atoms with E-state index in [9.17, 15) is 19.5 Å². The Bertz CT molecular complexity index is 602. The summed E-state index contributed by atoms with van der Waals surface area (Å²) in [6, 6.07) is 9.02. The summed E-state index contributed by atoms with van der Waals surface area (Å²) in [5, 5.41) is 9.18. The Balaban J connectivity index is 1.60. The molecular weight excluding hydrogens is 284 g/mol. The van der Waals surface area contributed by atoms with Gasteiger partial charge < -0.3 is 14.9 Å². The van der Waals surface area contributed by atoms with Crippen LogP contribution in [0.1, 0.15) is 23.2 Å². The summed E-state index contributed by atoms with van der Waals surface area (Å²) in [5.41, 5.74) is -0.558. The van der Waals surface area contributed by atoms with Crippen LogP contribution < -0.4 is 0 Å². The Morgan fingerprint density at radius 3 is 1.95 bits per heavy atom. The van der Waals surface area contributed by atoms with Crippen molar-refractivity contribution in [2.75, 3.05) is 26.2 Å². The average Bonchev–Trinajstić information content (AvgIpc) is 3.36. The number of piperazine rings is 1. The molecule has 2 amide bonds. The molecule has 1 heterocycles. The van der Waals surface area contributed by atoms with Gasteiger partial charge in [0.15, 0.2) is 0 Å². The number of carboxylic acids is 1. The van der Waals surface area contributed by atoms with E-state index in [2.05, 4.69) is 0 Å². The highest BCUT2D eigenvalue weighted by molar-refractivity contribution is 6.05. The van der Waals surface area contributed by atoms with E-state index in [0.29, 0.717) is 44.6 Å². The van der Waals surface area contributed by atoms with Crippen LogP contribution in [-0.2, 0) is 9.59 Å². The van der Waals surface area contributed by atoms with Gasteiger partial charge in [-0.1, -0.05) is 18.2 Å². The predicted octanol–water partition coefficient (Wildman–Crippen LogP) is 0.836. The van der Waals surface area contributed by atoms with Crippen molar-refractivity contribution in [3.63, 3.8) is 0 Å². The molecule has 6 heteroatoms. The molecule has 22 heavy (non-hydrogen) atoms. The van der Waals surface area contributed by atoms with Gasteiger partial charge in [0.1, 0.15) is 5.41 Å². The summed E-state index contributed by atoms with van der Waals surface area (Å²) in [5.74, 6) is -1.38. The Hall–Kier alpha value is -2.37. The highest BCUT2D eigenvalue weighted by atomic mass is 16.4. The van der Waals surface area contributed by atoms with Crippen LogP contribution >= 0.6 is 0 Å². The quantitative estimate of drug-likeness (QED) is 0.839. The standard InChI is InChI=1S/C16H18N2O4/c19-13(12-4-2-1-3-5-12)17-8-10-18(11-9-17)14(20)16(6-7-16)15(21)22/h1-5H,6-11H2,(H,21,22). The monoisotopic (exact) mass is 302 g/mol. The van der Waals surface area contributed by atoms with E-state index < -0.39 is 11.4 Å². The van der Waals surface area contributed by atoms with Gasteiger partial charge in [0.2, 0.25) is 5.91 Å². The fourth-order valence-electron chi connectivity index (χ4n) is 2.82. The molecule has 1 N–H and O–H groups in total. The van der Waals surface area contributed by atoms with Crippen molar-refractivity contribution in [3.05, 3.63) is 35.9 Å². The lowest BCUT2D eigenvalue weighted by molar-refractivity contribution is -0.154. The Morgan fingerprint density at radius 1 is 0.909 bits per heavy atom. The largest absolute Gasteiger partial charge is 0.480 e. The van der Waals surface area contributed by atoms with E-state index in [0.717, 1.165) is 0 Å². The number of nitrogens with zero attached hydrogens (tertiary/aromatic N) is 2. The smallest absolute Gasteiger partial charge is 0.319 e. The molecule has 1 aromatic carbocycles. The van der Waals surface area contributed by atoms with Gasteiger partial charge in [-0.15, -0.1) is 0 Å². The van der Waals surface area contributed by atoms with E-state index in [4.69, 9.17) is 0 Å². The first-order chi connectivity index (χ1) is 10.5. The van der Waals surface area contributed by atoms with Crippen molar-refractivity contribution < 1.29 is 19.5 Å². The van der Waals surface area contributed by atoms with Crippen molar-refractivity contribution in [1.29, 1.82) is 0 Å². The first-order valence-corrected chi connectivity index (χ1v) is 7.42. The molecule has 3 rings (SSSR count). The molecule has 1 aliphatic heterocycles. The second-order valence-corrected chi connectivity index (χ2v) is 5.84. The summed E-state index contributed by atoms with van der Waals surface area (Å²) in [7, 11) is 0. The molecular formula is C16H18N2O4. The first kappa shape index (κ1) is 14.6. The topological polar surface area (TPSA) is 77.9 Å². The number of benzene rings is 1. The minimum absolute atomic E-state index is 0.0490.